The minimum Gasteiger partial charge on any atom is -0.324 e. The van der Waals surface area contributed by atoms with Gasteiger partial charge in [0, 0.05) is 6.20 Å². The topological polar surface area (TPSA) is 102 Å². The van der Waals surface area contributed by atoms with Crippen molar-refractivity contribution in [3.63, 3.8) is 0 Å². The number of nitrogens with zero attached hydrogens (tertiary/aromatic N) is 1. The molecule has 6 nitrogen and oxygen atoms in total. The van der Waals surface area contributed by atoms with Gasteiger partial charge in [-0.25, -0.2) is 13.6 Å². The first-order chi connectivity index (χ1) is 9.45. The summed E-state index contributed by atoms with van der Waals surface area (Å²) >= 11 is 0. The molecule has 0 unspecified atom stereocenters. The maximum Gasteiger partial charge on any atom is 0.238 e. The smallest absolute Gasteiger partial charge is 0.238 e. The minimum absolute atomic E-state index is 0.0100. The quantitative estimate of drug-likeness (QED) is 0.874. The van der Waals surface area contributed by atoms with Gasteiger partial charge in [0.15, 0.2) is 0 Å². The third kappa shape index (κ3) is 3.87. The Hall–Kier alpha value is -2.25. The monoisotopic (exact) mass is 291 g/mol. The molecule has 1 amide bonds. The summed E-state index contributed by atoms with van der Waals surface area (Å²) in [5, 5.41) is 7.71. The number of sulfonamides is 1. The van der Waals surface area contributed by atoms with Crippen LogP contribution in [0.25, 0.3) is 0 Å². The van der Waals surface area contributed by atoms with Gasteiger partial charge in [0.25, 0.3) is 0 Å². The summed E-state index contributed by atoms with van der Waals surface area (Å²) in [5.41, 5.74) is 1.15. The second-order valence-corrected chi connectivity index (χ2v) is 5.72. The molecule has 0 bridgehead atoms. The van der Waals surface area contributed by atoms with E-state index in [9.17, 15) is 13.2 Å². The molecule has 0 radical (unpaired) electrons. The number of hydrogen-bond acceptors (Lipinski definition) is 4. The summed E-state index contributed by atoms with van der Waals surface area (Å²) in [5.74, 6) is -0.260. The Morgan fingerprint density at radius 2 is 2.05 bits per heavy atom. The van der Waals surface area contributed by atoms with Crippen LogP contribution < -0.4 is 10.5 Å². The zero-order chi connectivity index (χ0) is 14.6. The first-order valence-electron chi connectivity index (χ1n) is 5.77. The van der Waals surface area contributed by atoms with E-state index in [0.29, 0.717) is 11.3 Å². The third-order valence-electron chi connectivity index (χ3n) is 2.54. The first kappa shape index (κ1) is 14.2. The van der Waals surface area contributed by atoms with Gasteiger partial charge in [-0.3, -0.25) is 9.78 Å². The van der Waals surface area contributed by atoms with Crippen molar-refractivity contribution in [2.45, 2.75) is 11.3 Å². The van der Waals surface area contributed by atoms with E-state index in [4.69, 9.17) is 5.14 Å². The van der Waals surface area contributed by atoms with Gasteiger partial charge in [0.05, 0.1) is 23.2 Å². The number of primary sulfonamides is 1. The van der Waals surface area contributed by atoms with Crippen molar-refractivity contribution in [1.29, 1.82) is 0 Å². The van der Waals surface area contributed by atoms with E-state index in [0.717, 1.165) is 0 Å². The fourth-order valence-electron chi connectivity index (χ4n) is 1.66. The zero-order valence-corrected chi connectivity index (χ0v) is 11.3. The van der Waals surface area contributed by atoms with Crippen LogP contribution in [0.1, 0.15) is 5.56 Å². The number of nitrogens with one attached hydrogen (secondary N) is 1. The largest absolute Gasteiger partial charge is 0.324 e. The molecule has 0 spiro atoms. The number of amides is 1. The highest BCUT2D eigenvalue weighted by Gasteiger charge is 2.10. The lowest BCUT2D eigenvalue weighted by Gasteiger charge is -2.06. The van der Waals surface area contributed by atoms with Crippen LogP contribution >= 0.6 is 0 Å². The highest BCUT2D eigenvalue weighted by atomic mass is 32.2. The molecule has 20 heavy (non-hydrogen) atoms. The Morgan fingerprint density at radius 3 is 2.70 bits per heavy atom. The number of benzene rings is 1. The van der Waals surface area contributed by atoms with Gasteiger partial charge < -0.3 is 5.32 Å². The molecule has 0 atom stereocenters. The molecule has 0 aliphatic carbocycles. The molecule has 1 aromatic heterocycles. The van der Waals surface area contributed by atoms with E-state index >= 15 is 0 Å². The molecule has 0 saturated carbocycles. The van der Waals surface area contributed by atoms with Crippen LogP contribution in [0, 0.1) is 0 Å². The van der Waals surface area contributed by atoms with Crippen molar-refractivity contribution >= 4 is 21.6 Å². The number of nitrogens with two attached hydrogens (primary N) is 1. The van der Waals surface area contributed by atoms with Crippen LogP contribution in [0.5, 0.6) is 0 Å². The van der Waals surface area contributed by atoms with Crippen molar-refractivity contribution in [3.05, 3.63) is 54.4 Å². The summed E-state index contributed by atoms with van der Waals surface area (Å²) in [6.45, 7) is 0. The predicted octanol–water partition coefficient (Wildman–Crippen LogP) is 0.910. The lowest BCUT2D eigenvalue weighted by Crippen LogP contribution is -2.16. The molecule has 0 fully saturated rings. The molecule has 0 aliphatic rings. The van der Waals surface area contributed by atoms with Crippen LogP contribution in [-0.4, -0.2) is 19.3 Å². The Labute approximate surface area is 116 Å². The van der Waals surface area contributed by atoms with E-state index in [1.54, 1.807) is 30.5 Å². The Bertz CT molecular complexity index is 715. The van der Waals surface area contributed by atoms with Gasteiger partial charge in [-0.1, -0.05) is 12.1 Å². The molecule has 0 saturated heterocycles. The van der Waals surface area contributed by atoms with Crippen LogP contribution in [0.3, 0.4) is 0 Å². The van der Waals surface area contributed by atoms with Crippen LogP contribution in [-0.2, 0) is 21.2 Å². The Morgan fingerprint density at radius 1 is 1.25 bits per heavy atom. The average Bonchev–Trinajstić information content (AvgIpc) is 2.39. The SMILES string of the molecule is NS(=O)(=O)c1cccc(CC(=O)Nc2cccnc2)c1. The molecular formula is C13H13N3O3S. The van der Waals surface area contributed by atoms with Gasteiger partial charge in [-0.2, -0.15) is 0 Å². The standard InChI is InChI=1S/C13H13N3O3S/c14-20(18,19)12-5-1-3-10(7-12)8-13(17)16-11-4-2-6-15-9-11/h1-7,9H,8H2,(H,16,17)(H2,14,18,19). The minimum atomic E-state index is -3.76. The average molecular weight is 291 g/mol. The first-order valence-corrected chi connectivity index (χ1v) is 7.31. The van der Waals surface area contributed by atoms with E-state index in [1.165, 1.54) is 18.3 Å². The van der Waals surface area contributed by atoms with Gasteiger partial charge in [0.1, 0.15) is 0 Å². The maximum atomic E-state index is 11.8. The maximum absolute atomic E-state index is 11.8. The molecule has 3 N–H and O–H groups in total. The predicted molar refractivity (Wildman–Crippen MR) is 74.4 cm³/mol. The molecule has 2 rings (SSSR count). The van der Waals surface area contributed by atoms with Gasteiger partial charge in [-0.05, 0) is 29.8 Å². The normalized spacial score (nSPS) is 11.1. The highest BCUT2D eigenvalue weighted by molar-refractivity contribution is 7.89. The molecular weight excluding hydrogens is 278 g/mol. The summed E-state index contributed by atoms with van der Waals surface area (Å²) in [4.78, 5) is 15.7. The number of carbonyl (C=O) groups is 1. The molecule has 7 heteroatoms. The third-order valence-corrected chi connectivity index (χ3v) is 3.45. The molecule has 104 valence electrons. The highest BCUT2D eigenvalue weighted by Crippen LogP contribution is 2.11. The second kappa shape index (κ2) is 5.81. The van der Waals surface area contributed by atoms with Crippen LogP contribution in [0.2, 0.25) is 0 Å². The van der Waals surface area contributed by atoms with Crippen LogP contribution in [0.4, 0.5) is 5.69 Å². The fourth-order valence-corrected chi connectivity index (χ4v) is 2.24. The second-order valence-electron chi connectivity index (χ2n) is 4.16. The number of carbonyl (C=O) groups excluding carboxylic acids is 1. The fraction of sp³-hybridized carbons (Fsp3) is 0.0769. The van der Waals surface area contributed by atoms with Crippen molar-refractivity contribution in [3.8, 4) is 0 Å². The summed E-state index contributed by atoms with van der Waals surface area (Å²) in [7, 11) is -3.76. The number of anilines is 1. The van der Waals surface area contributed by atoms with E-state index < -0.39 is 10.0 Å². The number of rotatable bonds is 4. The van der Waals surface area contributed by atoms with Crippen molar-refractivity contribution in [1.82, 2.24) is 4.98 Å². The summed E-state index contributed by atoms with van der Waals surface area (Å²) < 4.78 is 22.5. The molecule has 1 aromatic carbocycles. The van der Waals surface area contributed by atoms with Crippen molar-refractivity contribution < 1.29 is 13.2 Å². The number of pyridine rings is 1. The van der Waals surface area contributed by atoms with Gasteiger partial charge in [0.2, 0.25) is 15.9 Å². The van der Waals surface area contributed by atoms with E-state index in [-0.39, 0.29) is 17.2 Å². The Balaban J connectivity index is 2.09. The lowest BCUT2D eigenvalue weighted by molar-refractivity contribution is -0.115. The lowest BCUT2D eigenvalue weighted by atomic mass is 10.1. The van der Waals surface area contributed by atoms with Crippen molar-refractivity contribution in [2.75, 3.05) is 5.32 Å². The van der Waals surface area contributed by atoms with Crippen LogP contribution in [0.15, 0.2) is 53.7 Å². The molecule has 1 heterocycles. The molecule has 2 aromatic rings. The summed E-state index contributed by atoms with van der Waals surface area (Å²) in [6, 6.07) is 9.41. The van der Waals surface area contributed by atoms with Crippen molar-refractivity contribution in [2.24, 2.45) is 5.14 Å². The summed E-state index contributed by atoms with van der Waals surface area (Å²) in [6.07, 6.45) is 3.18. The zero-order valence-electron chi connectivity index (χ0n) is 10.5. The molecule has 0 aliphatic heterocycles. The van der Waals surface area contributed by atoms with Gasteiger partial charge in [-0.15, -0.1) is 0 Å². The van der Waals surface area contributed by atoms with Gasteiger partial charge >= 0.3 is 0 Å². The number of hydrogen-bond donors (Lipinski definition) is 2. The number of aromatic nitrogens is 1. The Kier molecular flexibility index (Phi) is 4.11. The van der Waals surface area contributed by atoms with E-state index in [1.807, 2.05) is 0 Å². The van der Waals surface area contributed by atoms with E-state index in [2.05, 4.69) is 10.3 Å².